The van der Waals surface area contributed by atoms with E-state index in [0.717, 1.165) is 13.0 Å². The fraction of sp³-hybridized carbons (Fsp3) is 0.650. The Bertz CT molecular complexity index is 558. The van der Waals surface area contributed by atoms with Gasteiger partial charge in [-0.15, -0.1) is 0 Å². The lowest BCUT2D eigenvalue weighted by Crippen LogP contribution is -2.35. The Morgan fingerprint density at radius 3 is 2.05 bits per heavy atom. The SMILES string of the molecule is CCC1=[N+](C(C)C)[C@@H](C(C)C)CN1c1c(C)cc(C)cc1C. The molecule has 0 fully saturated rings. The zero-order valence-corrected chi connectivity index (χ0v) is 15.7. The van der Waals surface area contributed by atoms with Gasteiger partial charge in [0.25, 0.3) is 5.84 Å². The van der Waals surface area contributed by atoms with Gasteiger partial charge < -0.3 is 0 Å². The van der Waals surface area contributed by atoms with Crippen LogP contribution in [-0.2, 0) is 0 Å². The number of amidine groups is 1. The zero-order valence-electron chi connectivity index (χ0n) is 15.7. The van der Waals surface area contributed by atoms with Gasteiger partial charge in [-0.05, 0) is 51.7 Å². The van der Waals surface area contributed by atoms with Crippen LogP contribution in [0.2, 0.25) is 0 Å². The van der Waals surface area contributed by atoms with Crippen molar-refractivity contribution in [1.82, 2.24) is 0 Å². The minimum absolute atomic E-state index is 0.554. The molecule has 122 valence electrons. The standard InChI is InChI=1S/C20H33N2/c1-9-19-21(12-18(13(2)3)22(19)14(4)5)20-16(7)10-15(6)11-17(20)8/h10-11,13-14,18H,9,12H2,1-8H3/q+1/t18-/m1/s1. The molecule has 1 atom stereocenters. The summed E-state index contributed by atoms with van der Waals surface area (Å²) >= 11 is 0. The van der Waals surface area contributed by atoms with E-state index < -0.39 is 0 Å². The second kappa shape index (κ2) is 6.44. The van der Waals surface area contributed by atoms with Crippen molar-refractivity contribution in [2.24, 2.45) is 5.92 Å². The average molecular weight is 301 g/mol. The lowest BCUT2D eigenvalue weighted by molar-refractivity contribution is -0.592. The lowest BCUT2D eigenvalue weighted by atomic mass is 10.0. The van der Waals surface area contributed by atoms with Gasteiger partial charge in [0.15, 0.2) is 0 Å². The van der Waals surface area contributed by atoms with Crippen molar-refractivity contribution >= 4 is 11.5 Å². The molecule has 0 amide bonds. The van der Waals surface area contributed by atoms with Crippen LogP contribution in [0.4, 0.5) is 5.69 Å². The van der Waals surface area contributed by atoms with Gasteiger partial charge >= 0.3 is 0 Å². The summed E-state index contributed by atoms with van der Waals surface area (Å²) in [5, 5.41) is 0. The van der Waals surface area contributed by atoms with Gasteiger partial charge in [-0.25, -0.2) is 4.90 Å². The lowest BCUT2D eigenvalue weighted by Gasteiger charge is -2.19. The fourth-order valence-corrected chi connectivity index (χ4v) is 4.12. The summed E-state index contributed by atoms with van der Waals surface area (Å²) in [7, 11) is 0. The maximum absolute atomic E-state index is 2.66. The Balaban J connectivity index is 2.57. The first kappa shape index (κ1) is 17.1. The van der Waals surface area contributed by atoms with Crippen LogP contribution < -0.4 is 4.90 Å². The zero-order chi connectivity index (χ0) is 16.6. The van der Waals surface area contributed by atoms with Crippen LogP contribution in [0.3, 0.4) is 0 Å². The second-order valence-corrected chi connectivity index (χ2v) is 7.44. The predicted molar refractivity (Wildman–Crippen MR) is 97.3 cm³/mol. The minimum atomic E-state index is 0.554. The summed E-state index contributed by atoms with van der Waals surface area (Å²) in [4.78, 5) is 2.59. The molecule has 0 saturated heterocycles. The van der Waals surface area contributed by atoms with E-state index in [0.29, 0.717) is 18.0 Å². The summed E-state index contributed by atoms with van der Waals surface area (Å²) < 4.78 is 2.66. The van der Waals surface area contributed by atoms with Gasteiger partial charge in [-0.1, -0.05) is 38.5 Å². The first-order valence-corrected chi connectivity index (χ1v) is 8.77. The molecule has 0 spiro atoms. The Morgan fingerprint density at radius 1 is 1.09 bits per heavy atom. The third-order valence-corrected chi connectivity index (χ3v) is 4.88. The monoisotopic (exact) mass is 301 g/mol. The van der Waals surface area contributed by atoms with Gasteiger partial charge in [0, 0.05) is 6.42 Å². The largest absolute Gasteiger partial charge is 0.256 e. The van der Waals surface area contributed by atoms with E-state index in [1.807, 2.05) is 0 Å². The highest BCUT2D eigenvalue weighted by atomic mass is 15.3. The molecule has 0 N–H and O–H groups in total. The Kier molecular flexibility index (Phi) is 4.99. The highest BCUT2D eigenvalue weighted by molar-refractivity contribution is 5.97. The normalized spacial score (nSPS) is 19.0. The van der Waals surface area contributed by atoms with Gasteiger partial charge in [0.1, 0.15) is 18.3 Å². The molecular formula is C20H33N2+. The molecule has 0 bridgehead atoms. The van der Waals surface area contributed by atoms with Gasteiger partial charge in [0.2, 0.25) is 0 Å². The molecule has 0 aromatic heterocycles. The van der Waals surface area contributed by atoms with Crippen LogP contribution >= 0.6 is 0 Å². The second-order valence-electron chi connectivity index (χ2n) is 7.44. The molecule has 2 heteroatoms. The Hall–Kier alpha value is -1.31. The molecule has 1 aliphatic heterocycles. The van der Waals surface area contributed by atoms with E-state index in [1.165, 1.54) is 28.2 Å². The fourth-order valence-electron chi connectivity index (χ4n) is 4.12. The van der Waals surface area contributed by atoms with E-state index in [9.17, 15) is 0 Å². The third kappa shape index (κ3) is 2.93. The first-order valence-electron chi connectivity index (χ1n) is 8.77. The molecule has 0 radical (unpaired) electrons. The smallest absolute Gasteiger partial charge is 0.252 e. The van der Waals surface area contributed by atoms with E-state index in [-0.39, 0.29) is 0 Å². The van der Waals surface area contributed by atoms with E-state index in [4.69, 9.17) is 0 Å². The highest BCUT2D eigenvalue weighted by Gasteiger charge is 2.42. The highest BCUT2D eigenvalue weighted by Crippen LogP contribution is 2.32. The predicted octanol–water partition coefficient (Wildman–Crippen LogP) is 4.69. The number of benzene rings is 1. The van der Waals surface area contributed by atoms with Gasteiger partial charge in [0.05, 0.1) is 6.04 Å². The summed E-state index contributed by atoms with van der Waals surface area (Å²) in [5.41, 5.74) is 5.58. The molecule has 2 nitrogen and oxygen atoms in total. The van der Waals surface area contributed by atoms with Crippen LogP contribution in [0.25, 0.3) is 0 Å². The van der Waals surface area contributed by atoms with Crippen molar-refractivity contribution in [3.63, 3.8) is 0 Å². The maximum atomic E-state index is 2.66. The summed E-state index contributed by atoms with van der Waals surface area (Å²) in [5.74, 6) is 2.16. The Labute approximate surface area is 136 Å². The first-order chi connectivity index (χ1) is 10.3. The quantitative estimate of drug-likeness (QED) is 0.732. The molecule has 1 aliphatic rings. The molecule has 1 aromatic carbocycles. The number of rotatable bonds is 4. The van der Waals surface area contributed by atoms with Crippen LogP contribution in [0.5, 0.6) is 0 Å². The molecule has 1 aromatic rings. The van der Waals surface area contributed by atoms with Crippen LogP contribution in [0.1, 0.15) is 57.7 Å². The van der Waals surface area contributed by atoms with E-state index in [2.05, 4.69) is 77.0 Å². The number of hydrogen-bond acceptors (Lipinski definition) is 1. The number of hydrogen-bond donors (Lipinski definition) is 0. The van der Waals surface area contributed by atoms with Crippen LogP contribution in [-0.4, -0.2) is 29.0 Å². The maximum Gasteiger partial charge on any atom is 0.252 e. The van der Waals surface area contributed by atoms with Crippen molar-refractivity contribution in [3.05, 3.63) is 28.8 Å². The van der Waals surface area contributed by atoms with Gasteiger partial charge in [-0.2, -0.15) is 0 Å². The van der Waals surface area contributed by atoms with Crippen molar-refractivity contribution in [2.45, 2.75) is 73.9 Å². The topological polar surface area (TPSA) is 6.25 Å². The molecule has 0 saturated carbocycles. The molecule has 0 aliphatic carbocycles. The van der Waals surface area contributed by atoms with Crippen molar-refractivity contribution < 1.29 is 4.58 Å². The molecule has 22 heavy (non-hydrogen) atoms. The van der Waals surface area contributed by atoms with E-state index >= 15 is 0 Å². The molecule has 2 rings (SSSR count). The molecular weight excluding hydrogens is 268 g/mol. The van der Waals surface area contributed by atoms with Crippen LogP contribution in [0, 0.1) is 26.7 Å². The number of anilines is 1. The van der Waals surface area contributed by atoms with E-state index in [1.54, 1.807) is 0 Å². The van der Waals surface area contributed by atoms with Crippen LogP contribution in [0.15, 0.2) is 12.1 Å². The summed E-state index contributed by atoms with van der Waals surface area (Å²) in [6.07, 6.45) is 1.09. The number of aryl methyl sites for hydroxylation is 3. The molecule has 0 unspecified atom stereocenters. The van der Waals surface area contributed by atoms with Crippen molar-refractivity contribution in [1.29, 1.82) is 0 Å². The summed E-state index contributed by atoms with van der Waals surface area (Å²) in [6, 6.07) is 5.80. The van der Waals surface area contributed by atoms with Crippen molar-refractivity contribution in [3.8, 4) is 0 Å². The number of nitrogens with zero attached hydrogens (tertiary/aromatic N) is 2. The minimum Gasteiger partial charge on any atom is -0.256 e. The third-order valence-electron chi connectivity index (χ3n) is 4.88. The van der Waals surface area contributed by atoms with Crippen molar-refractivity contribution in [2.75, 3.05) is 11.4 Å². The van der Waals surface area contributed by atoms with Gasteiger partial charge in [-0.3, -0.25) is 4.58 Å². The molecule has 1 heterocycles. The summed E-state index contributed by atoms with van der Waals surface area (Å²) in [6.45, 7) is 19.5. The Morgan fingerprint density at radius 2 is 1.64 bits per heavy atom. The average Bonchev–Trinajstić information content (AvgIpc) is 2.77.